The first-order valence-corrected chi connectivity index (χ1v) is 5.07. The Labute approximate surface area is 94.0 Å². The van der Waals surface area contributed by atoms with Gasteiger partial charge in [0.15, 0.2) is 0 Å². The van der Waals surface area contributed by atoms with Crippen molar-refractivity contribution in [2.45, 2.75) is 6.92 Å². The fourth-order valence-electron chi connectivity index (χ4n) is 1.72. The van der Waals surface area contributed by atoms with E-state index in [0.29, 0.717) is 9.86 Å². The molecule has 0 bridgehead atoms. The van der Waals surface area contributed by atoms with Gasteiger partial charge in [-0.25, -0.2) is 0 Å². The summed E-state index contributed by atoms with van der Waals surface area (Å²) in [5.74, 6) is 0. The number of benzene rings is 1. The standard InChI is InChI=1S/C9H8BrN3O2/c1-5-3-7(10)9(13(14)15)6-4-11-12(2)8(5)6/h3-4H,1-2H3. The lowest BCUT2D eigenvalue weighted by Crippen LogP contribution is -1.95. The van der Waals surface area contributed by atoms with Crippen molar-refractivity contribution in [3.05, 3.63) is 32.4 Å². The highest BCUT2D eigenvalue weighted by Gasteiger charge is 2.20. The number of hydrogen-bond donors (Lipinski definition) is 0. The van der Waals surface area contributed by atoms with Crippen LogP contribution in [0.15, 0.2) is 16.7 Å². The summed E-state index contributed by atoms with van der Waals surface area (Å²) in [6.45, 7) is 1.90. The predicted octanol–water partition coefficient (Wildman–Crippen LogP) is 2.55. The number of nitrogens with zero attached hydrogens (tertiary/aromatic N) is 3. The van der Waals surface area contributed by atoms with E-state index in [2.05, 4.69) is 21.0 Å². The second-order valence-electron chi connectivity index (χ2n) is 3.31. The van der Waals surface area contributed by atoms with Crippen LogP contribution < -0.4 is 0 Å². The van der Waals surface area contributed by atoms with Crippen LogP contribution in [0.25, 0.3) is 10.9 Å². The number of halogens is 1. The predicted molar refractivity (Wildman–Crippen MR) is 59.8 cm³/mol. The maximum Gasteiger partial charge on any atom is 0.294 e. The van der Waals surface area contributed by atoms with Gasteiger partial charge in [-0.2, -0.15) is 5.10 Å². The van der Waals surface area contributed by atoms with E-state index in [-0.39, 0.29) is 5.69 Å². The maximum atomic E-state index is 10.9. The van der Waals surface area contributed by atoms with E-state index in [0.717, 1.165) is 11.1 Å². The number of nitro groups is 1. The van der Waals surface area contributed by atoms with Gasteiger partial charge in [-0.15, -0.1) is 0 Å². The highest BCUT2D eigenvalue weighted by molar-refractivity contribution is 9.10. The number of hydrogen-bond acceptors (Lipinski definition) is 3. The van der Waals surface area contributed by atoms with Gasteiger partial charge in [0, 0.05) is 7.05 Å². The van der Waals surface area contributed by atoms with Crippen molar-refractivity contribution in [2.24, 2.45) is 7.05 Å². The normalized spacial score (nSPS) is 10.9. The van der Waals surface area contributed by atoms with E-state index in [1.54, 1.807) is 17.8 Å². The molecule has 6 heteroatoms. The van der Waals surface area contributed by atoms with Crippen molar-refractivity contribution in [3.63, 3.8) is 0 Å². The summed E-state index contributed by atoms with van der Waals surface area (Å²) < 4.78 is 2.13. The molecule has 1 heterocycles. The minimum Gasteiger partial charge on any atom is -0.267 e. The summed E-state index contributed by atoms with van der Waals surface area (Å²) >= 11 is 3.20. The van der Waals surface area contributed by atoms with Crippen LogP contribution in [-0.4, -0.2) is 14.7 Å². The topological polar surface area (TPSA) is 61.0 Å². The number of aromatic nitrogens is 2. The molecule has 2 aromatic rings. The Morgan fingerprint density at radius 1 is 1.60 bits per heavy atom. The maximum absolute atomic E-state index is 10.9. The Morgan fingerprint density at radius 3 is 2.87 bits per heavy atom. The van der Waals surface area contributed by atoms with E-state index in [1.165, 1.54) is 6.20 Å². The van der Waals surface area contributed by atoms with Crippen LogP contribution in [0.2, 0.25) is 0 Å². The van der Waals surface area contributed by atoms with Gasteiger partial charge < -0.3 is 0 Å². The number of nitro benzene ring substituents is 1. The van der Waals surface area contributed by atoms with E-state index in [4.69, 9.17) is 0 Å². The highest BCUT2D eigenvalue weighted by Crippen LogP contribution is 2.35. The van der Waals surface area contributed by atoms with Gasteiger partial charge in [0.25, 0.3) is 5.69 Å². The minimum atomic E-state index is -0.395. The molecule has 0 aliphatic rings. The lowest BCUT2D eigenvalue weighted by Gasteiger charge is -2.02. The van der Waals surface area contributed by atoms with Gasteiger partial charge >= 0.3 is 0 Å². The van der Waals surface area contributed by atoms with Crippen molar-refractivity contribution < 1.29 is 4.92 Å². The number of fused-ring (bicyclic) bond motifs is 1. The molecule has 5 nitrogen and oxygen atoms in total. The molecule has 0 N–H and O–H groups in total. The summed E-state index contributed by atoms with van der Waals surface area (Å²) in [6.07, 6.45) is 1.52. The smallest absolute Gasteiger partial charge is 0.267 e. The minimum absolute atomic E-state index is 0.0729. The first kappa shape index (κ1) is 10.1. The first-order valence-electron chi connectivity index (χ1n) is 4.27. The molecular weight excluding hydrogens is 262 g/mol. The summed E-state index contributed by atoms with van der Waals surface area (Å²) in [6, 6.07) is 1.74. The molecule has 0 radical (unpaired) electrons. The Balaban J connectivity index is 2.97. The quantitative estimate of drug-likeness (QED) is 0.591. The number of rotatable bonds is 1. The molecule has 2 rings (SSSR count). The van der Waals surface area contributed by atoms with Gasteiger partial charge in [-0.1, -0.05) is 0 Å². The van der Waals surface area contributed by atoms with Gasteiger partial charge in [0.1, 0.15) is 0 Å². The van der Waals surface area contributed by atoms with Gasteiger partial charge in [-0.3, -0.25) is 14.8 Å². The molecule has 1 aromatic carbocycles. The van der Waals surface area contributed by atoms with Crippen molar-refractivity contribution in [3.8, 4) is 0 Å². The number of aryl methyl sites for hydroxylation is 2. The molecule has 0 spiro atoms. The first-order chi connectivity index (χ1) is 7.02. The van der Waals surface area contributed by atoms with Crippen LogP contribution in [-0.2, 0) is 7.05 Å². The molecule has 1 aromatic heterocycles. The van der Waals surface area contributed by atoms with E-state index >= 15 is 0 Å². The molecule has 78 valence electrons. The fraction of sp³-hybridized carbons (Fsp3) is 0.222. The Bertz CT molecular complexity index is 562. The second-order valence-corrected chi connectivity index (χ2v) is 4.17. The van der Waals surface area contributed by atoms with E-state index < -0.39 is 4.92 Å². The average Bonchev–Trinajstić information content (AvgIpc) is 2.47. The van der Waals surface area contributed by atoms with Gasteiger partial charge in [-0.05, 0) is 34.5 Å². The van der Waals surface area contributed by atoms with Crippen LogP contribution in [0.1, 0.15) is 5.56 Å². The summed E-state index contributed by atoms with van der Waals surface area (Å²) in [5, 5.41) is 15.5. The van der Waals surface area contributed by atoms with Crippen molar-refractivity contribution in [1.29, 1.82) is 0 Å². The Hall–Kier alpha value is -1.43. The second kappa shape index (κ2) is 3.30. The molecular formula is C9H8BrN3O2. The molecule has 0 saturated heterocycles. The third-order valence-corrected chi connectivity index (χ3v) is 2.92. The largest absolute Gasteiger partial charge is 0.294 e. The van der Waals surface area contributed by atoms with Crippen LogP contribution in [0, 0.1) is 17.0 Å². The molecule has 0 saturated carbocycles. The molecule has 0 aliphatic heterocycles. The average molecular weight is 270 g/mol. The Kier molecular flexibility index (Phi) is 2.22. The van der Waals surface area contributed by atoms with E-state index in [9.17, 15) is 10.1 Å². The molecule has 0 amide bonds. The zero-order valence-corrected chi connectivity index (χ0v) is 9.78. The molecule has 0 unspecified atom stereocenters. The molecule has 0 atom stereocenters. The zero-order valence-electron chi connectivity index (χ0n) is 8.19. The zero-order chi connectivity index (χ0) is 11.2. The Morgan fingerprint density at radius 2 is 2.27 bits per heavy atom. The molecule has 0 aliphatic carbocycles. The van der Waals surface area contributed by atoms with Gasteiger partial charge in [0.2, 0.25) is 0 Å². The van der Waals surface area contributed by atoms with Crippen molar-refractivity contribution in [1.82, 2.24) is 9.78 Å². The third-order valence-electron chi connectivity index (χ3n) is 2.32. The van der Waals surface area contributed by atoms with Gasteiger partial charge in [0.05, 0.1) is 26.5 Å². The fourth-order valence-corrected chi connectivity index (χ4v) is 2.42. The SMILES string of the molecule is Cc1cc(Br)c([N+](=O)[O-])c2cnn(C)c12. The monoisotopic (exact) mass is 269 g/mol. The summed E-state index contributed by atoms with van der Waals surface area (Å²) in [4.78, 5) is 10.5. The molecule has 0 fully saturated rings. The van der Waals surface area contributed by atoms with Crippen LogP contribution in [0.3, 0.4) is 0 Å². The van der Waals surface area contributed by atoms with Crippen molar-refractivity contribution in [2.75, 3.05) is 0 Å². The van der Waals surface area contributed by atoms with Crippen LogP contribution in [0.4, 0.5) is 5.69 Å². The van der Waals surface area contributed by atoms with E-state index in [1.807, 2.05) is 6.92 Å². The van der Waals surface area contributed by atoms with Crippen LogP contribution in [0.5, 0.6) is 0 Å². The lowest BCUT2D eigenvalue weighted by molar-refractivity contribution is -0.383. The van der Waals surface area contributed by atoms with Crippen molar-refractivity contribution >= 4 is 32.5 Å². The lowest BCUT2D eigenvalue weighted by atomic mass is 10.1. The molecule has 15 heavy (non-hydrogen) atoms. The third kappa shape index (κ3) is 1.41. The summed E-state index contributed by atoms with van der Waals surface area (Å²) in [5.41, 5.74) is 1.83. The highest BCUT2D eigenvalue weighted by atomic mass is 79.9. The summed E-state index contributed by atoms with van der Waals surface area (Å²) in [7, 11) is 1.77. The van der Waals surface area contributed by atoms with Crippen LogP contribution >= 0.6 is 15.9 Å².